The van der Waals surface area contributed by atoms with Crippen molar-refractivity contribution in [3.63, 3.8) is 0 Å². The molecule has 1 aromatic rings. The number of hydrogen-bond donors (Lipinski definition) is 0. The summed E-state index contributed by atoms with van der Waals surface area (Å²) in [4.78, 5) is 12.8. The zero-order chi connectivity index (χ0) is 12.3. The average Bonchev–Trinajstić information content (AvgIpc) is 2.57. The van der Waals surface area contributed by atoms with E-state index < -0.39 is 0 Å². The van der Waals surface area contributed by atoms with Gasteiger partial charge in [-0.15, -0.1) is 0 Å². The van der Waals surface area contributed by atoms with Gasteiger partial charge in [-0.3, -0.25) is 10.1 Å². The van der Waals surface area contributed by atoms with E-state index in [9.17, 15) is 10.1 Å². The SMILES string of the molecule is O=[N+]([O-])c1cc(Cl)ccc1N1CCCCCC1. The number of nitrogens with zero attached hydrogens (tertiary/aromatic N) is 2. The van der Waals surface area contributed by atoms with Crippen molar-refractivity contribution in [1.29, 1.82) is 0 Å². The molecular weight excluding hydrogens is 240 g/mol. The fourth-order valence-corrected chi connectivity index (χ4v) is 2.39. The Bertz CT molecular complexity index is 415. The molecule has 4 nitrogen and oxygen atoms in total. The Labute approximate surface area is 105 Å². The molecule has 2 rings (SSSR count). The highest BCUT2D eigenvalue weighted by Gasteiger charge is 2.20. The zero-order valence-electron chi connectivity index (χ0n) is 9.56. The maximum atomic E-state index is 11.0. The van der Waals surface area contributed by atoms with Crippen molar-refractivity contribution >= 4 is 23.0 Å². The molecule has 1 fully saturated rings. The lowest BCUT2D eigenvalue weighted by Gasteiger charge is -2.22. The molecule has 17 heavy (non-hydrogen) atoms. The first-order valence-electron chi connectivity index (χ1n) is 5.87. The van der Waals surface area contributed by atoms with Crippen molar-refractivity contribution in [3.05, 3.63) is 33.3 Å². The molecule has 5 heteroatoms. The monoisotopic (exact) mass is 254 g/mol. The normalized spacial score (nSPS) is 16.6. The zero-order valence-corrected chi connectivity index (χ0v) is 10.3. The van der Waals surface area contributed by atoms with Crippen molar-refractivity contribution in [1.82, 2.24) is 0 Å². The lowest BCUT2D eigenvalue weighted by molar-refractivity contribution is -0.384. The van der Waals surface area contributed by atoms with Crippen LogP contribution in [0.1, 0.15) is 25.7 Å². The van der Waals surface area contributed by atoms with Crippen molar-refractivity contribution in [3.8, 4) is 0 Å². The second-order valence-electron chi connectivity index (χ2n) is 4.29. The maximum absolute atomic E-state index is 11.0. The van der Waals surface area contributed by atoms with Crippen LogP contribution < -0.4 is 4.90 Å². The molecule has 92 valence electrons. The van der Waals surface area contributed by atoms with Crippen molar-refractivity contribution in [2.45, 2.75) is 25.7 Å². The van der Waals surface area contributed by atoms with E-state index in [1.807, 2.05) is 0 Å². The minimum absolute atomic E-state index is 0.111. The Kier molecular flexibility index (Phi) is 3.84. The Hall–Kier alpha value is -1.29. The van der Waals surface area contributed by atoms with E-state index in [0.29, 0.717) is 10.7 Å². The lowest BCUT2D eigenvalue weighted by atomic mass is 10.2. The van der Waals surface area contributed by atoms with Gasteiger partial charge in [0.1, 0.15) is 5.69 Å². The summed E-state index contributed by atoms with van der Waals surface area (Å²) in [7, 11) is 0. The fraction of sp³-hybridized carbons (Fsp3) is 0.500. The van der Waals surface area contributed by atoms with E-state index in [2.05, 4.69) is 4.90 Å². The van der Waals surface area contributed by atoms with Crippen LogP contribution in [0.15, 0.2) is 18.2 Å². The van der Waals surface area contributed by atoms with Gasteiger partial charge in [0.2, 0.25) is 0 Å². The largest absolute Gasteiger partial charge is 0.366 e. The molecule has 0 aliphatic carbocycles. The summed E-state index contributed by atoms with van der Waals surface area (Å²) < 4.78 is 0. The second-order valence-corrected chi connectivity index (χ2v) is 4.73. The van der Waals surface area contributed by atoms with Crippen LogP contribution in [-0.2, 0) is 0 Å². The second kappa shape index (κ2) is 5.36. The van der Waals surface area contributed by atoms with Crippen LogP contribution in [0, 0.1) is 10.1 Å². The molecule has 0 amide bonds. The van der Waals surface area contributed by atoms with Gasteiger partial charge in [-0.25, -0.2) is 0 Å². The molecule has 1 heterocycles. The molecule has 1 aliphatic heterocycles. The third-order valence-corrected chi connectivity index (χ3v) is 3.32. The Balaban J connectivity index is 2.32. The molecule has 0 spiro atoms. The highest BCUT2D eigenvalue weighted by Crippen LogP contribution is 2.32. The molecule has 0 bridgehead atoms. The first-order chi connectivity index (χ1) is 8.18. The van der Waals surface area contributed by atoms with Gasteiger partial charge in [-0.1, -0.05) is 24.4 Å². The van der Waals surface area contributed by atoms with E-state index >= 15 is 0 Å². The van der Waals surface area contributed by atoms with Gasteiger partial charge in [0.15, 0.2) is 0 Å². The molecule has 0 unspecified atom stereocenters. The van der Waals surface area contributed by atoms with Gasteiger partial charge in [0.25, 0.3) is 5.69 Å². The van der Waals surface area contributed by atoms with Gasteiger partial charge in [-0.2, -0.15) is 0 Å². The van der Waals surface area contributed by atoms with Crippen molar-refractivity contribution in [2.75, 3.05) is 18.0 Å². The molecule has 0 aromatic heterocycles. The minimum atomic E-state index is -0.355. The molecule has 1 aromatic carbocycles. The number of nitro benzene ring substituents is 1. The molecule has 0 saturated carbocycles. The number of rotatable bonds is 2. The van der Waals surface area contributed by atoms with Crippen LogP contribution in [0.4, 0.5) is 11.4 Å². The van der Waals surface area contributed by atoms with Crippen LogP contribution in [0.3, 0.4) is 0 Å². The summed E-state index contributed by atoms with van der Waals surface area (Å²) in [5, 5.41) is 11.4. The summed E-state index contributed by atoms with van der Waals surface area (Å²) in [5.74, 6) is 0. The first-order valence-corrected chi connectivity index (χ1v) is 6.25. The van der Waals surface area contributed by atoms with E-state index in [1.165, 1.54) is 18.9 Å². The maximum Gasteiger partial charge on any atom is 0.294 e. The van der Waals surface area contributed by atoms with Gasteiger partial charge in [0.05, 0.1) is 4.92 Å². The number of benzene rings is 1. The van der Waals surface area contributed by atoms with Crippen LogP contribution in [0.2, 0.25) is 5.02 Å². The predicted octanol–water partition coefficient (Wildman–Crippen LogP) is 3.63. The molecule has 0 N–H and O–H groups in total. The number of halogens is 1. The predicted molar refractivity (Wildman–Crippen MR) is 68.8 cm³/mol. The Morgan fingerprint density at radius 3 is 2.41 bits per heavy atom. The molecule has 0 atom stereocenters. The smallest absolute Gasteiger partial charge is 0.294 e. The lowest BCUT2D eigenvalue weighted by Crippen LogP contribution is -2.24. The van der Waals surface area contributed by atoms with Gasteiger partial charge in [-0.05, 0) is 25.0 Å². The highest BCUT2D eigenvalue weighted by molar-refractivity contribution is 6.30. The highest BCUT2D eigenvalue weighted by atomic mass is 35.5. The summed E-state index contributed by atoms with van der Waals surface area (Å²) in [5.41, 5.74) is 0.806. The summed E-state index contributed by atoms with van der Waals surface area (Å²) in [6.45, 7) is 1.78. The average molecular weight is 255 g/mol. The van der Waals surface area contributed by atoms with Crippen LogP contribution in [0.25, 0.3) is 0 Å². The van der Waals surface area contributed by atoms with Gasteiger partial charge < -0.3 is 4.90 Å². The number of hydrogen-bond acceptors (Lipinski definition) is 3. The van der Waals surface area contributed by atoms with Crippen molar-refractivity contribution < 1.29 is 4.92 Å². The summed E-state index contributed by atoms with van der Waals surface area (Å²) in [6.07, 6.45) is 4.61. The van der Waals surface area contributed by atoms with Crippen LogP contribution in [0.5, 0.6) is 0 Å². The standard InChI is InChI=1S/C12H15ClN2O2/c13-10-5-6-11(12(9-10)15(16)17)14-7-3-1-2-4-8-14/h5-6,9H,1-4,7-8H2. The van der Waals surface area contributed by atoms with Gasteiger partial charge >= 0.3 is 0 Å². The topological polar surface area (TPSA) is 46.4 Å². The molecule has 1 saturated heterocycles. The van der Waals surface area contributed by atoms with Crippen LogP contribution >= 0.6 is 11.6 Å². The summed E-state index contributed by atoms with van der Waals surface area (Å²) >= 11 is 5.81. The molecule has 1 aliphatic rings. The number of nitro groups is 1. The fourth-order valence-electron chi connectivity index (χ4n) is 2.22. The minimum Gasteiger partial charge on any atom is -0.366 e. The van der Waals surface area contributed by atoms with E-state index in [-0.39, 0.29) is 10.6 Å². The van der Waals surface area contributed by atoms with Crippen LogP contribution in [-0.4, -0.2) is 18.0 Å². The third-order valence-electron chi connectivity index (χ3n) is 3.08. The van der Waals surface area contributed by atoms with E-state index in [4.69, 9.17) is 11.6 Å². The third kappa shape index (κ3) is 2.88. The van der Waals surface area contributed by atoms with E-state index in [1.54, 1.807) is 12.1 Å². The number of anilines is 1. The van der Waals surface area contributed by atoms with Gasteiger partial charge in [0, 0.05) is 24.2 Å². The Morgan fingerprint density at radius 1 is 1.18 bits per heavy atom. The quantitative estimate of drug-likeness (QED) is 0.598. The molecular formula is C12H15ClN2O2. The summed E-state index contributed by atoms with van der Waals surface area (Å²) in [6, 6.07) is 4.91. The molecule has 0 radical (unpaired) electrons. The van der Waals surface area contributed by atoms with Crippen molar-refractivity contribution in [2.24, 2.45) is 0 Å². The first kappa shape index (κ1) is 12.2. The Morgan fingerprint density at radius 2 is 1.82 bits per heavy atom. The van der Waals surface area contributed by atoms with E-state index in [0.717, 1.165) is 25.9 Å².